The summed E-state index contributed by atoms with van der Waals surface area (Å²) >= 11 is 0. The minimum Gasteiger partial charge on any atom is -0.387 e. The standard InChI is InChI=1S/C22H24N2O3/c25-22(20-15-21(27-23-20)18-9-5-2-6-10-18)24-13-11-19(12-14-24)26-16-17-7-3-1-4-8-17/h1-10,19,21H,11-16H2. The summed E-state index contributed by atoms with van der Waals surface area (Å²) in [5, 5.41) is 4.06. The first kappa shape index (κ1) is 17.7. The number of hydrogen-bond acceptors (Lipinski definition) is 4. The number of ether oxygens (including phenoxy) is 1. The Bertz CT molecular complexity index is 784. The fourth-order valence-electron chi connectivity index (χ4n) is 3.55. The fourth-order valence-corrected chi connectivity index (χ4v) is 3.55. The molecule has 0 N–H and O–H groups in total. The first-order valence-electron chi connectivity index (χ1n) is 9.52. The van der Waals surface area contributed by atoms with Gasteiger partial charge < -0.3 is 14.5 Å². The molecule has 1 unspecified atom stereocenters. The maximum absolute atomic E-state index is 12.7. The first-order valence-corrected chi connectivity index (χ1v) is 9.52. The molecule has 0 saturated carbocycles. The molecule has 2 heterocycles. The zero-order valence-corrected chi connectivity index (χ0v) is 15.3. The molecule has 140 valence electrons. The number of carbonyl (C=O) groups is 1. The molecule has 1 fully saturated rings. The first-order chi connectivity index (χ1) is 13.3. The van der Waals surface area contributed by atoms with E-state index in [1.54, 1.807) is 0 Å². The van der Waals surface area contributed by atoms with Gasteiger partial charge in [-0.15, -0.1) is 0 Å². The maximum Gasteiger partial charge on any atom is 0.271 e. The highest BCUT2D eigenvalue weighted by atomic mass is 16.6. The molecule has 5 heteroatoms. The third-order valence-corrected chi connectivity index (χ3v) is 5.14. The second-order valence-corrected chi connectivity index (χ2v) is 7.04. The highest BCUT2D eigenvalue weighted by molar-refractivity contribution is 6.39. The molecular formula is C22H24N2O3. The van der Waals surface area contributed by atoms with Gasteiger partial charge >= 0.3 is 0 Å². The van der Waals surface area contributed by atoms with E-state index in [2.05, 4.69) is 17.3 Å². The molecule has 0 radical (unpaired) electrons. The van der Waals surface area contributed by atoms with Crippen molar-refractivity contribution in [3.05, 3.63) is 71.8 Å². The van der Waals surface area contributed by atoms with E-state index in [1.807, 2.05) is 53.4 Å². The van der Waals surface area contributed by atoms with Crippen LogP contribution in [0, 0.1) is 0 Å². The summed E-state index contributed by atoms with van der Waals surface area (Å²) in [6.45, 7) is 2.03. The largest absolute Gasteiger partial charge is 0.387 e. The minimum absolute atomic E-state index is 0.00468. The number of rotatable bonds is 5. The lowest BCUT2D eigenvalue weighted by Crippen LogP contribution is -2.43. The van der Waals surface area contributed by atoms with Crippen molar-refractivity contribution in [3.63, 3.8) is 0 Å². The second kappa shape index (κ2) is 8.35. The van der Waals surface area contributed by atoms with Gasteiger partial charge in [-0.25, -0.2) is 0 Å². The summed E-state index contributed by atoms with van der Waals surface area (Å²) in [6, 6.07) is 20.1. The van der Waals surface area contributed by atoms with Crippen molar-refractivity contribution in [1.82, 2.24) is 4.90 Å². The molecule has 2 aliphatic heterocycles. The average Bonchev–Trinajstić information content (AvgIpc) is 3.24. The van der Waals surface area contributed by atoms with Crippen LogP contribution in [0.5, 0.6) is 0 Å². The Kier molecular flexibility index (Phi) is 5.49. The van der Waals surface area contributed by atoms with E-state index in [0.29, 0.717) is 31.8 Å². The number of likely N-dealkylation sites (tertiary alicyclic amines) is 1. The van der Waals surface area contributed by atoms with Gasteiger partial charge in [-0.2, -0.15) is 0 Å². The van der Waals surface area contributed by atoms with Crippen molar-refractivity contribution in [3.8, 4) is 0 Å². The highest BCUT2D eigenvalue weighted by Gasteiger charge is 2.32. The third-order valence-electron chi connectivity index (χ3n) is 5.14. The zero-order chi connectivity index (χ0) is 18.5. The molecule has 4 rings (SSSR count). The van der Waals surface area contributed by atoms with E-state index in [-0.39, 0.29) is 18.1 Å². The Morgan fingerprint density at radius 3 is 2.41 bits per heavy atom. The molecule has 0 aromatic heterocycles. The molecule has 2 aromatic rings. The number of oxime groups is 1. The van der Waals surface area contributed by atoms with Crippen LogP contribution in [0.15, 0.2) is 65.8 Å². The average molecular weight is 364 g/mol. The summed E-state index contributed by atoms with van der Waals surface area (Å²) in [5.74, 6) is -0.00468. The van der Waals surface area contributed by atoms with Crippen molar-refractivity contribution < 1.29 is 14.4 Å². The molecule has 1 atom stereocenters. The normalized spacial score (nSPS) is 20.2. The summed E-state index contributed by atoms with van der Waals surface area (Å²) in [4.78, 5) is 20.1. The predicted octanol–water partition coefficient (Wildman–Crippen LogP) is 3.71. The number of hydrogen-bond donors (Lipinski definition) is 0. The summed E-state index contributed by atoms with van der Waals surface area (Å²) < 4.78 is 6.00. The van der Waals surface area contributed by atoms with Crippen molar-refractivity contribution >= 4 is 11.6 Å². The molecular weight excluding hydrogens is 340 g/mol. The Morgan fingerprint density at radius 1 is 1.04 bits per heavy atom. The maximum atomic E-state index is 12.7. The molecule has 27 heavy (non-hydrogen) atoms. The van der Waals surface area contributed by atoms with E-state index < -0.39 is 0 Å². The minimum atomic E-state index is -0.156. The molecule has 1 saturated heterocycles. The molecule has 1 amide bonds. The Hall–Kier alpha value is -2.66. The van der Waals surface area contributed by atoms with Crippen LogP contribution in [0.4, 0.5) is 0 Å². The molecule has 2 aromatic carbocycles. The van der Waals surface area contributed by atoms with Crippen molar-refractivity contribution in [1.29, 1.82) is 0 Å². The number of benzene rings is 2. The number of amides is 1. The van der Waals surface area contributed by atoms with Crippen LogP contribution in [0.3, 0.4) is 0 Å². The van der Waals surface area contributed by atoms with Gasteiger partial charge in [0.05, 0.1) is 12.7 Å². The topological polar surface area (TPSA) is 51.1 Å². The fraction of sp³-hybridized carbons (Fsp3) is 0.364. The van der Waals surface area contributed by atoms with Gasteiger partial charge in [0.15, 0.2) is 6.10 Å². The molecule has 0 bridgehead atoms. The van der Waals surface area contributed by atoms with Gasteiger partial charge in [-0.3, -0.25) is 4.79 Å². The van der Waals surface area contributed by atoms with Crippen LogP contribution in [0.2, 0.25) is 0 Å². The smallest absolute Gasteiger partial charge is 0.271 e. The summed E-state index contributed by atoms with van der Waals surface area (Å²) in [7, 11) is 0. The van der Waals surface area contributed by atoms with Gasteiger partial charge in [0, 0.05) is 19.5 Å². The molecule has 2 aliphatic rings. The lowest BCUT2D eigenvalue weighted by Gasteiger charge is -2.31. The van der Waals surface area contributed by atoms with Gasteiger partial charge in [-0.1, -0.05) is 65.8 Å². The van der Waals surface area contributed by atoms with Crippen LogP contribution >= 0.6 is 0 Å². The SMILES string of the molecule is O=C(C1=NOC(c2ccccc2)C1)N1CCC(OCc2ccccc2)CC1. The van der Waals surface area contributed by atoms with E-state index in [1.165, 1.54) is 5.56 Å². The van der Waals surface area contributed by atoms with Crippen LogP contribution in [-0.4, -0.2) is 35.7 Å². The quantitative estimate of drug-likeness (QED) is 0.813. The van der Waals surface area contributed by atoms with Gasteiger partial charge in [0.2, 0.25) is 0 Å². The number of nitrogens with zero attached hydrogens (tertiary/aromatic N) is 2. The lowest BCUT2D eigenvalue weighted by molar-refractivity contribution is -0.127. The van der Waals surface area contributed by atoms with Gasteiger partial charge in [0.25, 0.3) is 5.91 Å². The van der Waals surface area contributed by atoms with Crippen LogP contribution < -0.4 is 0 Å². The van der Waals surface area contributed by atoms with E-state index >= 15 is 0 Å². The van der Waals surface area contributed by atoms with Gasteiger partial charge in [0.1, 0.15) is 5.71 Å². The molecule has 5 nitrogen and oxygen atoms in total. The second-order valence-electron chi connectivity index (χ2n) is 7.04. The Morgan fingerprint density at radius 2 is 1.70 bits per heavy atom. The van der Waals surface area contributed by atoms with E-state index in [9.17, 15) is 4.79 Å². The van der Waals surface area contributed by atoms with Crippen molar-refractivity contribution in [2.24, 2.45) is 5.16 Å². The number of piperidine rings is 1. The van der Waals surface area contributed by atoms with Crippen molar-refractivity contribution in [2.75, 3.05) is 13.1 Å². The van der Waals surface area contributed by atoms with Crippen molar-refractivity contribution in [2.45, 2.75) is 38.1 Å². The predicted molar refractivity (Wildman–Crippen MR) is 103 cm³/mol. The van der Waals surface area contributed by atoms with Crippen LogP contribution in [-0.2, 0) is 21.0 Å². The molecule has 0 spiro atoms. The van der Waals surface area contributed by atoms with Crippen LogP contribution in [0.25, 0.3) is 0 Å². The molecule has 0 aliphatic carbocycles. The van der Waals surface area contributed by atoms with E-state index in [4.69, 9.17) is 9.57 Å². The highest BCUT2D eigenvalue weighted by Crippen LogP contribution is 2.28. The Balaban J connectivity index is 1.24. The zero-order valence-electron chi connectivity index (χ0n) is 15.3. The third kappa shape index (κ3) is 4.37. The monoisotopic (exact) mass is 364 g/mol. The summed E-state index contributed by atoms with van der Waals surface area (Å²) in [6.07, 6.45) is 2.29. The number of carbonyl (C=O) groups excluding carboxylic acids is 1. The van der Waals surface area contributed by atoms with E-state index in [0.717, 1.165) is 18.4 Å². The van der Waals surface area contributed by atoms with Crippen LogP contribution in [0.1, 0.15) is 36.5 Å². The Labute approximate surface area is 159 Å². The summed E-state index contributed by atoms with van der Waals surface area (Å²) in [5.41, 5.74) is 2.75. The van der Waals surface area contributed by atoms with Gasteiger partial charge in [-0.05, 0) is 24.0 Å². The lowest BCUT2D eigenvalue weighted by atomic mass is 10.0.